The monoisotopic (exact) mass is 377 g/mol. The van der Waals surface area contributed by atoms with Crippen molar-refractivity contribution in [2.24, 2.45) is 5.92 Å². The summed E-state index contributed by atoms with van der Waals surface area (Å²) in [5, 5.41) is 3.62. The lowest BCUT2D eigenvalue weighted by atomic mass is 10.0. The van der Waals surface area contributed by atoms with Gasteiger partial charge in [0, 0.05) is 28.1 Å². The van der Waals surface area contributed by atoms with Crippen LogP contribution in [0.15, 0.2) is 27.1 Å². The quantitative estimate of drug-likeness (QED) is 0.784. The molecule has 0 saturated heterocycles. The molecule has 0 aromatic heterocycles. The van der Waals surface area contributed by atoms with Crippen LogP contribution in [-0.2, 0) is 4.74 Å². The second-order valence-electron chi connectivity index (χ2n) is 4.86. The number of rotatable bonds is 6. The zero-order valence-electron chi connectivity index (χ0n) is 11.3. The van der Waals surface area contributed by atoms with Crippen LogP contribution in [0.5, 0.6) is 0 Å². The van der Waals surface area contributed by atoms with E-state index in [0.717, 1.165) is 15.6 Å². The summed E-state index contributed by atoms with van der Waals surface area (Å²) in [6.45, 7) is 7.33. The summed E-state index contributed by atoms with van der Waals surface area (Å²) in [7, 11) is 1.75. The predicted octanol–water partition coefficient (Wildman–Crippen LogP) is 4.53. The Bertz CT molecular complexity index is 382. The van der Waals surface area contributed by atoms with Gasteiger partial charge in [0.15, 0.2) is 0 Å². The van der Waals surface area contributed by atoms with Crippen LogP contribution >= 0.6 is 31.9 Å². The minimum atomic E-state index is 0.287. The highest BCUT2D eigenvalue weighted by molar-refractivity contribution is 9.11. The minimum Gasteiger partial charge on any atom is -0.383 e. The van der Waals surface area contributed by atoms with Gasteiger partial charge in [-0.1, -0.05) is 51.8 Å². The van der Waals surface area contributed by atoms with Crippen molar-refractivity contribution < 1.29 is 4.74 Å². The van der Waals surface area contributed by atoms with Gasteiger partial charge in [0.1, 0.15) is 0 Å². The van der Waals surface area contributed by atoms with Crippen LogP contribution in [0.2, 0.25) is 0 Å². The maximum Gasteiger partial charge on any atom is 0.0618 e. The molecule has 4 heteroatoms. The van der Waals surface area contributed by atoms with Gasteiger partial charge in [0.25, 0.3) is 0 Å². The SMILES string of the molecule is COCC(NC(C)c1ccc(Br)cc1Br)C(C)C. The number of nitrogens with one attached hydrogen (secondary N) is 1. The zero-order valence-corrected chi connectivity index (χ0v) is 14.5. The van der Waals surface area contributed by atoms with E-state index >= 15 is 0 Å². The Kier molecular flexibility index (Phi) is 6.85. The molecule has 2 unspecified atom stereocenters. The molecule has 2 atom stereocenters. The number of halogens is 2. The third kappa shape index (κ3) is 4.65. The van der Waals surface area contributed by atoms with Gasteiger partial charge in [-0.3, -0.25) is 0 Å². The van der Waals surface area contributed by atoms with E-state index in [-0.39, 0.29) is 6.04 Å². The normalized spacial score (nSPS) is 14.8. The molecule has 1 N–H and O–H groups in total. The van der Waals surface area contributed by atoms with Gasteiger partial charge in [0.05, 0.1) is 6.61 Å². The highest BCUT2D eigenvalue weighted by Gasteiger charge is 2.18. The van der Waals surface area contributed by atoms with E-state index in [4.69, 9.17) is 4.74 Å². The van der Waals surface area contributed by atoms with Crippen molar-refractivity contribution in [1.82, 2.24) is 5.32 Å². The molecule has 0 radical (unpaired) electrons. The van der Waals surface area contributed by atoms with E-state index in [9.17, 15) is 0 Å². The molecule has 0 heterocycles. The lowest BCUT2D eigenvalue weighted by molar-refractivity contribution is 0.141. The highest BCUT2D eigenvalue weighted by Crippen LogP contribution is 2.27. The van der Waals surface area contributed by atoms with E-state index < -0.39 is 0 Å². The molecule has 1 rings (SSSR count). The van der Waals surface area contributed by atoms with E-state index in [1.807, 2.05) is 0 Å². The Balaban J connectivity index is 2.76. The molecule has 0 fully saturated rings. The first-order chi connectivity index (χ1) is 8.45. The number of methoxy groups -OCH3 is 1. The largest absolute Gasteiger partial charge is 0.383 e. The van der Waals surface area contributed by atoms with E-state index in [1.165, 1.54) is 5.56 Å². The summed E-state index contributed by atoms with van der Waals surface area (Å²) in [5.74, 6) is 0.543. The highest BCUT2D eigenvalue weighted by atomic mass is 79.9. The van der Waals surface area contributed by atoms with Crippen molar-refractivity contribution in [2.75, 3.05) is 13.7 Å². The molecular formula is C14H21Br2NO. The number of hydrogen-bond acceptors (Lipinski definition) is 2. The van der Waals surface area contributed by atoms with Crippen LogP contribution < -0.4 is 5.32 Å². The van der Waals surface area contributed by atoms with Crippen molar-refractivity contribution in [2.45, 2.75) is 32.9 Å². The second kappa shape index (κ2) is 7.63. The molecule has 102 valence electrons. The fraction of sp³-hybridized carbons (Fsp3) is 0.571. The number of hydrogen-bond donors (Lipinski definition) is 1. The number of ether oxygens (including phenoxy) is 1. The minimum absolute atomic E-state index is 0.287. The number of benzene rings is 1. The second-order valence-corrected chi connectivity index (χ2v) is 6.63. The van der Waals surface area contributed by atoms with Gasteiger partial charge in [-0.2, -0.15) is 0 Å². The van der Waals surface area contributed by atoms with Gasteiger partial charge in [0.2, 0.25) is 0 Å². The maximum atomic E-state index is 5.27. The molecule has 1 aromatic carbocycles. The molecule has 0 saturated carbocycles. The standard InChI is InChI=1S/C14H21Br2NO/c1-9(2)14(8-18-4)17-10(3)12-6-5-11(15)7-13(12)16/h5-7,9-10,14,17H,8H2,1-4H3. The van der Waals surface area contributed by atoms with Crippen LogP contribution in [-0.4, -0.2) is 19.8 Å². The van der Waals surface area contributed by atoms with Crippen molar-refractivity contribution in [3.8, 4) is 0 Å². The van der Waals surface area contributed by atoms with Crippen LogP contribution in [0.25, 0.3) is 0 Å². The molecule has 0 spiro atoms. The first kappa shape index (κ1) is 16.2. The van der Waals surface area contributed by atoms with Gasteiger partial charge >= 0.3 is 0 Å². The summed E-state index contributed by atoms with van der Waals surface area (Å²) in [6, 6.07) is 6.93. The molecule has 18 heavy (non-hydrogen) atoms. The molecule has 0 aliphatic carbocycles. The summed E-state index contributed by atoms with van der Waals surface area (Å²) in [6.07, 6.45) is 0. The van der Waals surface area contributed by atoms with Crippen LogP contribution in [0.4, 0.5) is 0 Å². The van der Waals surface area contributed by atoms with E-state index in [0.29, 0.717) is 12.0 Å². The van der Waals surface area contributed by atoms with Gasteiger partial charge in [-0.05, 0) is 30.5 Å². The van der Waals surface area contributed by atoms with Crippen molar-refractivity contribution in [3.63, 3.8) is 0 Å². The van der Waals surface area contributed by atoms with Crippen LogP contribution in [0.3, 0.4) is 0 Å². The fourth-order valence-corrected chi connectivity index (χ4v) is 3.27. The first-order valence-corrected chi connectivity index (χ1v) is 7.74. The molecule has 0 aliphatic heterocycles. The summed E-state index contributed by atoms with van der Waals surface area (Å²) < 4.78 is 7.48. The predicted molar refractivity (Wildman–Crippen MR) is 83.9 cm³/mol. The fourth-order valence-electron chi connectivity index (χ4n) is 1.88. The lowest BCUT2D eigenvalue weighted by Crippen LogP contribution is -2.39. The Hall–Kier alpha value is 0.1000. The Morgan fingerprint density at radius 2 is 1.89 bits per heavy atom. The zero-order chi connectivity index (χ0) is 13.7. The van der Waals surface area contributed by atoms with Crippen LogP contribution in [0, 0.1) is 5.92 Å². The third-order valence-corrected chi connectivity index (χ3v) is 4.22. The van der Waals surface area contributed by atoms with E-state index in [2.05, 4.69) is 76.1 Å². The Morgan fingerprint density at radius 1 is 1.22 bits per heavy atom. The molecule has 0 bridgehead atoms. The van der Waals surface area contributed by atoms with Gasteiger partial charge < -0.3 is 10.1 Å². The van der Waals surface area contributed by atoms with Crippen LogP contribution in [0.1, 0.15) is 32.4 Å². The smallest absolute Gasteiger partial charge is 0.0618 e. The molecule has 0 amide bonds. The lowest BCUT2D eigenvalue weighted by Gasteiger charge is -2.26. The summed E-state index contributed by atoms with van der Waals surface area (Å²) >= 11 is 7.09. The molecule has 0 aliphatic rings. The molecule has 2 nitrogen and oxygen atoms in total. The van der Waals surface area contributed by atoms with Crippen molar-refractivity contribution in [1.29, 1.82) is 0 Å². The third-order valence-electron chi connectivity index (χ3n) is 3.04. The molecule has 1 aromatic rings. The first-order valence-electron chi connectivity index (χ1n) is 6.15. The molecular weight excluding hydrogens is 358 g/mol. The van der Waals surface area contributed by atoms with Gasteiger partial charge in [-0.25, -0.2) is 0 Å². The maximum absolute atomic E-state index is 5.27. The van der Waals surface area contributed by atoms with Gasteiger partial charge in [-0.15, -0.1) is 0 Å². The summed E-state index contributed by atoms with van der Waals surface area (Å²) in [5.41, 5.74) is 1.26. The Labute approximate surface area is 127 Å². The van der Waals surface area contributed by atoms with Crippen molar-refractivity contribution >= 4 is 31.9 Å². The Morgan fingerprint density at radius 3 is 2.39 bits per heavy atom. The average molecular weight is 379 g/mol. The average Bonchev–Trinajstić information content (AvgIpc) is 2.27. The van der Waals surface area contributed by atoms with E-state index in [1.54, 1.807) is 7.11 Å². The van der Waals surface area contributed by atoms with Crippen molar-refractivity contribution in [3.05, 3.63) is 32.7 Å². The topological polar surface area (TPSA) is 21.3 Å². The summed E-state index contributed by atoms with van der Waals surface area (Å²) in [4.78, 5) is 0.